The maximum Gasteiger partial charge on any atom is 0.343 e. The number of amides is 1. The van der Waals surface area contributed by atoms with Crippen molar-refractivity contribution in [2.45, 2.75) is 6.92 Å². The minimum atomic E-state index is -0.504. The van der Waals surface area contributed by atoms with Crippen LogP contribution in [-0.2, 0) is 0 Å². The van der Waals surface area contributed by atoms with Crippen LogP contribution in [0.25, 0.3) is 10.8 Å². The molecular weight excluding hydrogens is 543 g/mol. The molecule has 1 N–H and O–H groups in total. The summed E-state index contributed by atoms with van der Waals surface area (Å²) < 4.78 is 12.0. The molecule has 0 aliphatic carbocycles. The number of hydrogen-bond donors (Lipinski definition) is 1. The summed E-state index contributed by atoms with van der Waals surface area (Å²) in [6.07, 6.45) is 1.50. The Morgan fingerprint density at radius 3 is 2.44 bits per heavy atom. The van der Waals surface area contributed by atoms with Gasteiger partial charge in [0.15, 0.2) is 0 Å². The Balaban J connectivity index is 1.60. The minimum Gasteiger partial charge on any atom is -0.494 e. The number of ether oxygens (including phenoxy) is 2. The number of benzene rings is 4. The number of halogens is 1. The molecule has 4 aromatic rings. The lowest BCUT2D eigenvalue weighted by Gasteiger charge is -2.11. The Hall–Kier alpha value is -3.72. The Labute approximate surface area is 210 Å². The van der Waals surface area contributed by atoms with Gasteiger partial charge in [-0.2, -0.15) is 5.10 Å². The highest BCUT2D eigenvalue weighted by Gasteiger charge is 2.14. The number of carbonyl (C=O) groups excluding carboxylic acids is 2. The lowest BCUT2D eigenvalue weighted by molar-refractivity contribution is 0.0734. The van der Waals surface area contributed by atoms with Crippen molar-refractivity contribution in [3.8, 4) is 11.5 Å². The van der Waals surface area contributed by atoms with E-state index in [9.17, 15) is 9.59 Å². The molecule has 0 bridgehead atoms. The number of esters is 1. The van der Waals surface area contributed by atoms with Crippen molar-refractivity contribution in [2.75, 3.05) is 6.61 Å². The first kappa shape index (κ1) is 23.4. The normalized spacial score (nSPS) is 10.9. The van der Waals surface area contributed by atoms with Gasteiger partial charge in [0.25, 0.3) is 5.91 Å². The maximum atomic E-state index is 12.8. The Bertz CT molecular complexity index is 1370. The number of nitrogens with zero attached hydrogens (tertiary/aromatic N) is 1. The standard InChI is InChI=1S/C27H21IN2O4/c1-2-33-20-14-11-19(12-15-20)27(32)34-25-16-13-18-7-3-4-8-21(18)23(25)17-29-30-26(31)22-9-5-6-10-24(22)28/h3-17H,2H2,1H3,(H,30,31). The molecule has 6 nitrogen and oxygen atoms in total. The van der Waals surface area contributed by atoms with Gasteiger partial charge in [-0.05, 0) is 82.8 Å². The second kappa shape index (κ2) is 10.9. The molecule has 0 aromatic heterocycles. The van der Waals surface area contributed by atoms with Crippen LogP contribution in [0.5, 0.6) is 11.5 Å². The Morgan fingerprint density at radius 1 is 0.941 bits per heavy atom. The van der Waals surface area contributed by atoms with Crippen LogP contribution in [-0.4, -0.2) is 24.7 Å². The van der Waals surface area contributed by atoms with Crippen LogP contribution in [0.15, 0.2) is 90.0 Å². The lowest BCUT2D eigenvalue weighted by atomic mass is 10.0. The van der Waals surface area contributed by atoms with Crippen LogP contribution in [0.1, 0.15) is 33.2 Å². The van der Waals surface area contributed by atoms with E-state index in [0.29, 0.717) is 34.8 Å². The molecule has 7 heteroatoms. The third-order valence-corrected chi connectivity index (χ3v) is 5.95. The molecule has 170 valence electrons. The predicted molar refractivity (Wildman–Crippen MR) is 141 cm³/mol. The fourth-order valence-corrected chi connectivity index (χ4v) is 4.00. The van der Waals surface area contributed by atoms with E-state index < -0.39 is 5.97 Å². The fraction of sp³-hybridized carbons (Fsp3) is 0.0741. The number of nitrogens with one attached hydrogen (secondary N) is 1. The monoisotopic (exact) mass is 564 g/mol. The van der Waals surface area contributed by atoms with Crippen molar-refractivity contribution in [1.29, 1.82) is 0 Å². The van der Waals surface area contributed by atoms with Crippen molar-refractivity contribution in [3.05, 3.63) is 105 Å². The van der Waals surface area contributed by atoms with E-state index >= 15 is 0 Å². The number of hydrazone groups is 1. The van der Waals surface area contributed by atoms with Crippen LogP contribution < -0.4 is 14.9 Å². The zero-order valence-electron chi connectivity index (χ0n) is 18.3. The second-order valence-electron chi connectivity index (χ2n) is 7.22. The number of fused-ring (bicyclic) bond motifs is 1. The zero-order chi connectivity index (χ0) is 23.9. The van der Waals surface area contributed by atoms with Crippen molar-refractivity contribution in [1.82, 2.24) is 5.43 Å². The third kappa shape index (κ3) is 5.43. The van der Waals surface area contributed by atoms with Crippen LogP contribution in [0, 0.1) is 3.57 Å². The Morgan fingerprint density at radius 2 is 1.68 bits per heavy atom. The molecule has 0 spiro atoms. The average molecular weight is 564 g/mol. The second-order valence-corrected chi connectivity index (χ2v) is 8.39. The summed E-state index contributed by atoms with van der Waals surface area (Å²) in [5.74, 6) is 0.191. The summed E-state index contributed by atoms with van der Waals surface area (Å²) in [7, 11) is 0. The number of carbonyl (C=O) groups is 2. The van der Waals surface area contributed by atoms with Crippen LogP contribution in [0.3, 0.4) is 0 Å². The number of hydrogen-bond acceptors (Lipinski definition) is 5. The molecule has 34 heavy (non-hydrogen) atoms. The molecule has 0 heterocycles. The van der Waals surface area contributed by atoms with Gasteiger partial charge in [-0.1, -0.05) is 42.5 Å². The molecule has 0 radical (unpaired) electrons. The maximum absolute atomic E-state index is 12.8. The fourth-order valence-electron chi connectivity index (χ4n) is 3.37. The average Bonchev–Trinajstić information content (AvgIpc) is 2.86. The van der Waals surface area contributed by atoms with Gasteiger partial charge in [-0.25, -0.2) is 10.2 Å². The van der Waals surface area contributed by atoms with Gasteiger partial charge in [-0.15, -0.1) is 0 Å². The van der Waals surface area contributed by atoms with Crippen LogP contribution in [0.2, 0.25) is 0 Å². The molecule has 0 aliphatic heterocycles. The molecule has 0 fully saturated rings. The summed E-state index contributed by atoms with van der Waals surface area (Å²) in [5.41, 5.74) is 4.06. The van der Waals surface area contributed by atoms with E-state index in [4.69, 9.17) is 9.47 Å². The van der Waals surface area contributed by atoms with Gasteiger partial charge < -0.3 is 9.47 Å². The quantitative estimate of drug-likeness (QED) is 0.101. The van der Waals surface area contributed by atoms with Crippen molar-refractivity contribution in [3.63, 3.8) is 0 Å². The van der Waals surface area contributed by atoms with E-state index in [1.54, 1.807) is 42.5 Å². The zero-order valence-corrected chi connectivity index (χ0v) is 20.5. The first-order valence-electron chi connectivity index (χ1n) is 10.6. The van der Waals surface area contributed by atoms with E-state index in [-0.39, 0.29) is 5.91 Å². The van der Waals surface area contributed by atoms with Crippen molar-refractivity contribution < 1.29 is 19.1 Å². The van der Waals surface area contributed by atoms with E-state index in [2.05, 4.69) is 33.1 Å². The SMILES string of the molecule is CCOc1ccc(C(=O)Oc2ccc3ccccc3c2C=NNC(=O)c2ccccc2I)cc1. The van der Waals surface area contributed by atoms with Crippen LogP contribution in [0.4, 0.5) is 0 Å². The topological polar surface area (TPSA) is 77.0 Å². The molecule has 1 amide bonds. The minimum absolute atomic E-state index is 0.325. The van der Waals surface area contributed by atoms with Gasteiger partial charge in [-0.3, -0.25) is 4.79 Å². The highest BCUT2D eigenvalue weighted by Crippen LogP contribution is 2.27. The molecule has 0 saturated heterocycles. The summed E-state index contributed by atoms with van der Waals surface area (Å²) >= 11 is 2.10. The Kier molecular flexibility index (Phi) is 7.54. The van der Waals surface area contributed by atoms with E-state index in [0.717, 1.165) is 14.3 Å². The lowest BCUT2D eigenvalue weighted by Crippen LogP contribution is -2.19. The molecule has 0 saturated carbocycles. The first-order valence-corrected chi connectivity index (χ1v) is 11.7. The van der Waals surface area contributed by atoms with E-state index in [1.165, 1.54) is 6.21 Å². The highest BCUT2D eigenvalue weighted by atomic mass is 127. The predicted octanol–water partition coefficient (Wildman–Crippen LogP) is 5.83. The molecular formula is C27H21IN2O4. The molecule has 0 atom stereocenters. The van der Waals surface area contributed by atoms with E-state index in [1.807, 2.05) is 49.4 Å². The van der Waals surface area contributed by atoms with Gasteiger partial charge in [0.05, 0.1) is 23.9 Å². The highest BCUT2D eigenvalue weighted by molar-refractivity contribution is 14.1. The van der Waals surface area contributed by atoms with Crippen LogP contribution >= 0.6 is 22.6 Å². The molecule has 4 aromatic carbocycles. The molecule has 0 aliphatic rings. The third-order valence-electron chi connectivity index (χ3n) is 5.01. The van der Waals surface area contributed by atoms with Crippen molar-refractivity contribution >= 4 is 51.5 Å². The van der Waals surface area contributed by atoms with Gasteiger partial charge in [0.1, 0.15) is 11.5 Å². The summed E-state index contributed by atoms with van der Waals surface area (Å²) in [6, 6.07) is 25.3. The summed E-state index contributed by atoms with van der Waals surface area (Å²) in [4.78, 5) is 25.3. The van der Waals surface area contributed by atoms with Gasteiger partial charge in [0, 0.05) is 9.13 Å². The van der Waals surface area contributed by atoms with Crippen molar-refractivity contribution in [2.24, 2.45) is 5.10 Å². The summed E-state index contributed by atoms with van der Waals surface area (Å²) in [5, 5.41) is 5.94. The molecule has 4 rings (SSSR count). The number of rotatable bonds is 7. The summed E-state index contributed by atoms with van der Waals surface area (Å²) in [6.45, 7) is 2.44. The molecule has 0 unspecified atom stereocenters. The smallest absolute Gasteiger partial charge is 0.343 e. The first-order chi connectivity index (χ1) is 16.6. The largest absolute Gasteiger partial charge is 0.494 e. The van der Waals surface area contributed by atoms with Gasteiger partial charge >= 0.3 is 5.97 Å². The van der Waals surface area contributed by atoms with Gasteiger partial charge in [0.2, 0.25) is 0 Å².